The van der Waals surface area contributed by atoms with Crippen LogP contribution in [-0.4, -0.2) is 5.91 Å². The van der Waals surface area contributed by atoms with Crippen LogP contribution in [0.2, 0.25) is 5.02 Å². The van der Waals surface area contributed by atoms with Gasteiger partial charge in [0.05, 0.1) is 27.4 Å². The Kier molecular flexibility index (Phi) is 3.73. The van der Waals surface area contributed by atoms with Crippen molar-refractivity contribution >= 4 is 34.8 Å². The van der Waals surface area contributed by atoms with E-state index < -0.39 is 5.91 Å². The van der Waals surface area contributed by atoms with Gasteiger partial charge in [0, 0.05) is 0 Å². The van der Waals surface area contributed by atoms with E-state index in [0.717, 1.165) is 0 Å². The van der Waals surface area contributed by atoms with E-state index in [4.69, 9.17) is 28.5 Å². The number of amides is 1. The van der Waals surface area contributed by atoms with Gasteiger partial charge < -0.3 is 5.32 Å². The standard InChI is InChI=1S/C10H6Cl2N2O/c1-6(11)10(15)14-9-4-7(5-13)2-3-8(9)12/h2-4H,1H2,(H,14,15). The molecule has 1 aromatic rings. The van der Waals surface area contributed by atoms with E-state index in [1.807, 2.05) is 6.07 Å². The maximum atomic E-state index is 11.2. The molecule has 0 saturated heterocycles. The summed E-state index contributed by atoms with van der Waals surface area (Å²) >= 11 is 11.2. The number of nitriles is 1. The number of carbonyl (C=O) groups is 1. The lowest BCUT2D eigenvalue weighted by Gasteiger charge is -2.05. The van der Waals surface area contributed by atoms with Gasteiger partial charge in [0.25, 0.3) is 5.91 Å². The molecule has 0 radical (unpaired) electrons. The van der Waals surface area contributed by atoms with Gasteiger partial charge in [0.1, 0.15) is 0 Å². The molecule has 0 spiro atoms. The van der Waals surface area contributed by atoms with Crippen LogP contribution in [0.1, 0.15) is 5.56 Å². The highest BCUT2D eigenvalue weighted by Gasteiger charge is 2.08. The number of halogens is 2. The minimum Gasteiger partial charge on any atom is -0.320 e. The Morgan fingerprint density at radius 2 is 2.20 bits per heavy atom. The molecule has 1 N–H and O–H groups in total. The highest BCUT2D eigenvalue weighted by molar-refractivity contribution is 6.44. The number of carbonyl (C=O) groups excluding carboxylic acids is 1. The average Bonchev–Trinajstić information content (AvgIpc) is 2.21. The van der Waals surface area contributed by atoms with E-state index in [1.54, 1.807) is 6.07 Å². The Hall–Kier alpha value is -1.50. The molecule has 5 heteroatoms. The molecule has 1 rings (SSSR count). The zero-order valence-corrected chi connectivity index (χ0v) is 9.06. The maximum Gasteiger partial charge on any atom is 0.266 e. The normalized spacial score (nSPS) is 9.13. The van der Waals surface area contributed by atoms with Crippen LogP contribution in [-0.2, 0) is 4.79 Å². The zero-order valence-electron chi connectivity index (χ0n) is 7.55. The Bertz CT molecular complexity index is 463. The Balaban J connectivity index is 2.99. The van der Waals surface area contributed by atoms with Crippen molar-refractivity contribution in [3.63, 3.8) is 0 Å². The first-order valence-electron chi connectivity index (χ1n) is 3.90. The van der Waals surface area contributed by atoms with Gasteiger partial charge in [-0.25, -0.2) is 0 Å². The summed E-state index contributed by atoms with van der Waals surface area (Å²) in [5.74, 6) is -0.548. The summed E-state index contributed by atoms with van der Waals surface area (Å²) < 4.78 is 0. The van der Waals surface area contributed by atoms with Crippen molar-refractivity contribution in [1.82, 2.24) is 0 Å². The Morgan fingerprint density at radius 3 is 2.73 bits per heavy atom. The SMILES string of the molecule is C=C(Cl)C(=O)Nc1cc(C#N)ccc1Cl. The largest absolute Gasteiger partial charge is 0.320 e. The highest BCUT2D eigenvalue weighted by Crippen LogP contribution is 2.23. The van der Waals surface area contributed by atoms with E-state index in [2.05, 4.69) is 11.9 Å². The first-order valence-corrected chi connectivity index (χ1v) is 4.65. The van der Waals surface area contributed by atoms with Crippen LogP contribution in [0.15, 0.2) is 29.8 Å². The third-order valence-corrected chi connectivity index (χ3v) is 2.09. The monoisotopic (exact) mass is 240 g/mol. The predicted octanol–water partition coefficient (Wildman–Crippen LogP) is 2.90. The second-order valence-electron chi connectivity index (χ2n) is 2.67. The maximum absolute atomic E-state index is 11.2. The van der Waals surface area contributed by atoms with E-state index in [0.29, 0.717) is 16.3 Å². The number of nitrogens with one attached hydrogen (secondary N) is 1. The fourth-order valence-corrected chi connectivity index (χ4v) is 1.09. The minimum absolute atomic E-state index is 0.145. The summed E-state index contributed by atoms with van der Waals surface area (Å²) in [5, 5.41) is 11.3. The molecule has 76 valence electrons. The van der Waals surface area contributed by atoms with E-state index in [1.165, 1.54) is 12.1 Å². The van der Waals surface area contributed by atoms with Crippen LogP contribution < -0.4 is 5.32 Å². The number of nitrogens with zero attached hydrogens (tertiary/aromatic N) is 1. The number of hydrogen-bond acceptors (Lipinski definition) is 2. The van der Waals surface area contributed by atoms with Crippen molar-refractivity contribution in [2.24, 2.45) is 0 Å². The fourth-order valence-electron chi connectivity index (χ4n) is 0.881. The van der Waals surface area contributed by atoms with Crippen molar-refractivity contribution in [2.45, 2.75) is 0 Å². The second kappa shape index (κ2) is 4.83. The first-order chi connectivity index (χ1) is 7.04. The molecule has 0 saturated carbocycles. The third-order valence-electron chi connectivity index (χ3n) is 1.59. The van der Waals surface area contributed by atoms with E-state index in [9.17, 15) is 4.79 Å². The molecule has 1 aromatic carbocycles. The van der Waals surface area contributed by atoms with Crippen LogP contribution in [0.3, 0.4) is 0 Å². The fraction of sp³-hybridized carbons (Fsp3) is 0. The van der Waals surface area contributed by atoms with E-state index >= 15 is 0 Å². The smallest absolute Gasteiger partial charge is 0.266 e. The number of benzene rings is 1. The van der Waals surface area contributed by atoms with Crippen LogP contribution in [0.4, 0.5) is 5.69 Å². The quantitative estimate of drug-likeness (QED) is 0.809. The van der Waals surface area contributed by atoms with Gasteiger partial charge >= 0.3 is 0 Å². The molecule has 0 heterocycles. The van der Waals surface area contributed by atoms with Crippen LogP contribution in [0.25, 0.3) is 0 Å². The summed E-state index contributed by atoms with van der Waals surface area (Å²) in [5.41, 5.74) is 0.734. The molecular formula is C10H6Cl2N2O. The zero-order chi connectivity index (χ0) is 11.4. The van der Waals surface area contributed by atoms with Gasteiger partial charge in [0.2, 0.25) is 0 Å². The molecule has 0 aliphatic rings. The van der Waals surface area contributed by atoms with Gasteiger partial charge in [-0.1, -0.05) is 29.8 Å². The van der Waals surface area contributed by atoms with Gasteiger partial charge in [-0.15, -0.1) is 0 Å². The number of rotatable bonds is 2. The number of anilines is 1. The Labute approximate surface area is 96.9 Å². The Morgan fingerprint density at radius 1 is 1.53 bits per heavy atom. The van der Waals surface area contributed by atoms with Crippen molar-refractivity contribution in [3.8, 4) is 6.07 Å². The molecule has 0 atom stereocenters. The summed E-state index contributed by atoms with van der Waals surface area (Å²) in [6.07, 6.45) is 0. The third kappa shape index (κ3) is 2.98. The average molecular weight is 241 g/mol. The molecule has 0 aliphatic carbocycles. The highest BCUT2D eigenvalue weighted by atomic mass is 35.5. The lowest BCUT2D eigenvalue weighted by molar-refractivity contribution is -0.112. The predicted molar refractivity (Wildman–Crippen MR) is 59.8 cm³/mol. The second-order valence-corrected chi connectivity index (χ2v) is 3.53. The van der Waals surface area contributed by atoms with Crippen molar-refractivity contribution in [1.29, 1.82) is 5.26 Å². The molecule has 1 amide bonds. The molecular weight excluding hydrogens is 235 g/mol. The van der Waals surface area contributed by atoms with Gasteiger partial charge in [-0.3, -0.25) is 4.79 Å². The summed E-state index contributed by atoms with van der Waals surface area (Å²) in [7, 11) is 0. The summed E-state index contributed by atoms with van der Waals surface area (Å²) in [6, 6.07) is 6.46. The first kappa shape index (κ1) is 11.6. The lowest BCUT2D eigenvalue weighted by atomic mass is 10.2. The van der Waals surface area contributed by atoms with Gasteiger partial charge in [-0.2, -0.15) is 5.26 Å². The van der Waals surface area contributed by atoms with Crippen molar-refractivity contribution in [3.05, 3.63) is 40.4 Å². The molecule has 0 fully saturated rings. The topological polar surface area (TPSA) is 52.9 Å². The van der Waals surface area contributed by atoms with Gasteiger partial charge in [0.15, 0.2) is 0 Å². The number of hydrogen-bond donors (Lipinski definition) is 1. The molecule has 0 aliphatic heterocycles. The molecule has 15 heavy (non-hydrogen) atoms. The summed E-state index contributed by atoms with van der Waals surface area (Å²) in [6.45, 7) is 3.27. The van der Waals surface area contributed by atoms with Crippen molar-refractivity contribution in [2.75, 3.05) is 5.32 Å². The molecule has 0 aromatic heterocycles. The summed E-state index contributed by atoms with van der Waals surface area (Å²) in [4.78, 5) is 11.2. The van der Waals surface area contributed by atoms with E-state index in [-0.39, 0.29) is 5.03 Å². The van der Waals surface area contributed by atoms with Crippen LogP contribution >= 0.6 is 23.2 Å². The van der Waals surface area contributed by atoms with Gasteiger partial charge in [-0.05, 0) is 18.2 Å². The molecule has 0 unspecified atom stereocenters. The van der Waals surface area contributed by atoms with Crippen LogP contribution in [0.5, 0.6) is 0 Å². The lowest BCUT2D eigenvalue weighted by Crippen LogP contribution is -2.11. The minimum atomic E-state index is -0.548. The molecule has 0 bridgehead atoms. The molecule has 3 nitrogen and oxygen atoms in total. The van der Waals surface area contributed by atoms with Crippen molar-refractivity contribution < 1.29 is 4.79 Å². The van der Waals surface area contributed by atoms with Crippen LogP contribution in [0, 0.1) is 11.3 Å².